The maximum absolute atomic E-state index is 10.3. The van der Waals surface area contributed by atoms with Crippen molar-refractivity contribution in [3.8, 4) is 0 Å². The molecule has 0 rings (SSSR count). The molecule has 0 aliphatic carbocycles. The largest absolute Gasteiger partial charge is 0.274 e. The van der Waals surface area contributed by atoms with Gasteiger partial charge in [-0.3, -0.25) is 0 Å². The molecule has 0 aromatic rings. The van der Waals surface area contributed by atoms with Crippen LogP contribution < -0.4 is 9.86 Å². The van der Waals surface area contributed by atoms with Crippen molar-refractivity contribution >= 4 is 10.2 Å². The van der Waals surface area contributed by atoms with Crippen molar-refractivity contribution < 1.29 is 8.42 Å². The van der Waals surface area contributed by atoms with Crippen LogP contribution in [0.15, 0.2) is 12.7 Å². The van der Waals surface area contributed by atoms with Gasteiger partial charge in [0.25, 0.3) is 10.2 Å². The lowest BCUT2D eigenvalue weighted by Gasteiger charge is -2.07. The van der Waals surface area contributed by atoms with E-state index in [1.807, 2.05) is 0 Å². The monoisotopic (exact) mass is 164 g/mol. The van der Waals surface area contributed by atoms with Gasteiger partial charge in [0.05, 0.1) is 0 Å². The molecule has 0 saturated carbocycles. The highest BCUT2D eigenvalue weighted by Crippen LogP contribution is 1.90. The van der Waals surface area contributed by atoms with Gasteiger partial charge in [-0.15, -0.1) is 6.58 Å². The minimum Gasteiger partial charge on any atom is -0.216 e. The summed E-state index contributed by atoms with van der Waals surface area (Å²) >= 11 is 0. The van der Waals surface area contributed by atoms with Crippen LogP contribution in [-0.2, 0) is 10.2 Å². The average Bonchev–Trinajstić information content (AvgIpc) is 1.59. The van der Waals surface area contributed by atoms with E-state index < -0.39 is 10.2 Å². The van der Waals surface area contributed by atoms with E-state index >= 15 is 0 Å². The first-order valence-electron chi connectivity index (χ1n) is 2.86. The molecular weight excluding hydrogens is 152 g/mol. The molecule has 0 bridgehead atoms. The van der Waals surface area contributed by atoms with Gasteiger partial charge in [-0.05, 0) is 13.3 Å². The Kier molecular flexibility index (Phi) is 3.55. The molecule has 1 unspecified atom stereocenters. The van der Waals surface area contributed by atoms with E-state index in [2.05, 4.69) is 11.3 Å². The van der Waals surface area contributed by atoms with E-state index in [0.29, 0.717) is 6.42 Å². The molecule has 0 spiro atoms. The summed E-state index contributed by atoms with van der Waals surface area (Å²) in [4.78, 5) is 0. The van der Waals surface area contributed by atoms with Crippen LogP contribution in [0.5, 0.6) is 0 Å². The lowest BCUT2D eigenvalue weighted by Crippen LogP contribution is -2.37. The van der Waals surface area contributed by atoms with Gasteiger partial charge >= 0.3 is 0 Å². The Balaban J connectivity index is 3.80. The van der Waals surface area contributed by atoms with Crippen molar-refractivity contribution in [1.82, 2.24) is 4.72 Å². The van der Waals surface area contributed by atoms with Crippen molar-refractivity contribution in [2.24, 2.45) is 5.14 Å². The number of hydrogen-bond donors (Lipinski definition) is 2. The van der Waals surface area contributed by atoms with Crippen LogP contribution in [0.3, 0.4) is 0 Å². The maximum atomic E-state index is 10.3. The third-order valence-corrected chi connectivity index (χ3v) is 1.62. The van der Waals surface area contributed by atoms with Gasteiger partial charge in [0.1, 0.15) is 0 Å². The van der Waals surface area contributed by atoms with E-state index in [1.54, 1.807) is 13.0 Å². The third kappa shape index (κ3) is 5.74. The Morgan fingerprint density at radius 1 is 1.80 bits per heavy atom. The summed E-state index contributed by atoms with van der Waals surface area (Å²) in [6, 6.07) is -0.174. The fourth-order valence-electron chi connectivity index (χ4n) is 0.579. The lowest BCUT2D eigenvalue weighted by atomic mass is 10.3. The van der Waals surface area contributed by atoms with Gasteiger partial charge in [-0.1, -0.05) is 6.08 Å². The molecule has 3 N–H and O–H groups in total. The molecule has 60 valence electrons. The van der Waals surface area contributed by atoms with Crippen LogP contribution in [-0.4, -0.2) is 14.5 Å². The first-order valence-corrected chi connectivity index (χ1v) is 4.41. The minimum atomic E-state index is -3.54. The van der Waals surface area contributed by atoms with Crippen molar-refractivity contribution in [3.05, 3.63) is 12.7 Å². The summed E-state index contributed by atoms with van der Waals surface area (Å²) in [7, 11) is -3.54. The molecule has 4 nitrogen and oxygen atoms in total. The number of hydrogen-bond acceptors (Lipinski definition) is 2. The Morgan fingerprint density at radius 2 is 2.30 bits per heavy atom. The number of nitrogens with one attached hydrogen (secondary N) is 1. The molecule has 5 heteroatoms. The predicted molar refractivity (Wildman–Crippen MR) is 40.5 cm³/mol. The molecular formula is C5H12N2O2S. The first-order chi connectivity index (χ1) is 4.45. The van der Waals surface area contributed by atoms with Crippen molar-refractivity contribution in [1.29, 1.82) is 0 Å². The second kappa shape index (κ2) is 3.70. The zero-order chi connectivity index (χ0) is 8.20. The predicted octanol–water partition coefficient (Wildman–Crippen LogP) is -0.256. The molecule has 1 atom stereocenters. The highest BCUT2D eigenvalue weighted by Gasteiger charge is 2.05. The molecule has 0 amide bonds. The summed E-state index contributed by atoms with van der Waals surface area (Å²) in [6.07, 6.45) is 2.21. The van der Waals surface area contributed by atoms with Crippen LogP contribution in [0.2, 0.25) is 0 Å². The second-order valence-electron chi connectivity index (χ2n) is 2.09. The Labute approximate surface area is 61.3 Å². The summed E-state index contributed by atoms with van der Waals surface area (Å²) in [5, 5.41) is 4.69. The molecule has 0 aromatic heterocycles. The van der Waals surface area contributed by atoms with Gasteiger partial charge in [0.2, 0.25) is 0 Å². The minimum absolute atomic E-state index is 0.174. The van der Waals surface area contributed by atoms with E-state index in [4.69, 9.17) is 5.14 Å². The van der Waals surface area contributed by atoms with Gasteiger partial charge in [-0.2, -0.15) is 13.1 Å². The zero-order valence-corrected chi connectivity index (χ0v) is 6.69. The fourth-order valence-corrected chi connectivity index (χ4v) is 1.24. The second-order valence-corrected chi connectivity index (χ2v) is 3.41. The standard InChI is InChI=1S/C5H12N2O2S/c1-3-4-5(2)7-10(6,8)9/h3,5,7H,1,4H2,2H3,(H2,6,8,9). The quantitative estimate of drug-likeness (QED) is 0.562. The van der Waals surface area contributed by atoms with Crippen LogP contribution >= 0.6 is 0 Å². The topological polar surface area (TPSA) is 72.2 Å². The molecule has 0 aromatic carbocycles. The molecule has 0 aliphatic heterocycles. The molecule has 0 fully saturated rings. The molecule has 0 heterocycles. The van der Waals surface area contributed by atoms with Gasteiger partial charge in [0.15, 0.2) is 0 Å². The molecule has 0 radical (unpaired) electrons. The SMILES string of the molecule is C=CCC(C)NS(N)(=O)=O. The van der Waals surface area contributed by atoms with Crippen LogP contribution in [0.4, 0.5) is 0 Å². The zero-order valence-electron chi connectivity index (χ0n) is 5.87. The Hall–Kier alpha value is -0.390. The molecule has 0 saturated heterocycles. The molecule has 10 heavy (non-hydrogen) atoms. The smallest absolute Gasteiger partial charge is 0.216 e. The summed E-state index contributed by atoms with van der Waals surface area (Å²) in [6.45, 7) is 5.17. The highest BCUT2D eigenvalue weighted by molar-refractivity contribution is 7.87. The highest BCUT2D eigenvalue weighted by atomic mass is 32.2. The normalized spacial score (nSPS) is 14.6. The fraction of sp³-hybridized carbons (Fsp3) is 0.600. The van der Waals surface area contributed by atoms with Crippen LogP contribution in [0.1, 0.15) is 13.3 Å². The van der Waals surface area contributed by atoms with E-state index in [0.717, 1.165) is 0 Å². The number of rotatable bonds is 4. The maximum Gasteiger partial charge on any atom is 0.274 e. The average molecular weight is 164 g/mol. The van der Waals surface area contributed by atoms with Crippen molar-refractivity contribution in [2.75, 3.05) is 0 Å². The van der Waals surface area contributed by atoms with Crippen molar-refractivity contribution in [3.63, 3.8) is 0 Å². The van der Waals surface area contributed by atoms with Crippen LogP contribution in [0, 0.1) is 0 Å². The number of nitrogens with two attached hydrogens (primary N) is 1. The van der Waals surface area contributed by atoms with E-state index in [-0.39, 0.29) is 6.04 Å². The van der Waals surface area contributed by atoms with E-state index in [1.165, 1.54) is 0 Å². The summed E-state index contributed by atoms with van der Waals surface area (Å²) in [5.41, 5.74) is 0. The van der Waals surface area contributed by atoms with Gasteiger partial charge in [-0.25, -0.2) is 5.14 Å². The van der Waals surface area contributed by atoms with Crippen LogP contribution in [0.25, 0.3) is 0 Å². The third-order valence-electron chi connectivity index (χ3n) is 0.886. The summed E-state index contributed by atoms with van der Waals surface area (Å²) in [5.74, 6) is 0. The summed E-state index contributed by atoms with van der Waals surface area (Å²) < 4.78 is 22.9. The Morgan fingerprint density at radius 3 is 2.60 bits per heavy atom. The van der Waals surface area contributed by atoms with Crippen molar-refractivity contribution in [2.45, 2.75) is 19.4 Å². The Bertz CT molecular complexity index is 198. The molecule has 0 aliphatic rings. The lowest BCUT2D eigenvalue weighted by molar-refractivity contribution is 0.564. The first kappa shape index (κ1) is 9.61. The van der Waals surface area contributed by atoms with Gasteiger partial charge < -0.3 is 0 Å². The van der Waals surface area contributed by atoms with E-state index in [9.17, 15) is 8.42 Å². The van der Waals surface area contributed by atoms with Gasteiger partial charge in [0, 0.05) is 6.04 Å².